The molecule has 2 heteroatoms. The largest absolute Gasteiger partial charge is 0.359 e. The zero-order valence-corrected chi connectivity index (χ0v) is 6.17. The second-order valence-electron chi connectivity index (χ2n) is 1.65. The fourth-order valence-corrected chi connectivity index (χ4v) is 0.449. The summed E-state index contributed by atoms with van der Waals surface area (Å²) in [7, 11) is 0. The fourth-order valence-electron chi connectivity index (χ4n) is 0.449. The Hall–Kier alpha value is -1.23. The summed E-state index contributed by atoms with van der Waals surface area (Å²) in [5.74, 6) is 2.75. The van der Waals surface area contributed by atoms with Gasteiger partial charge in [0.15, 0.2) is 0 Å². The van der Waals surface area contributed by atoms with E-state index in [9.17, 15) is 0 Å². The Morgan fingerprint density at radius 3 is 3.00 bits per heavy atom. The lowest BCUT2D eigenvalue weighted by atomic mass is 10.3. The van der Waals surface area contributed by atoms with Crippen LogP contribution in [0.4, 0.5) is 0 Å². The van der Waals surface area contributed by atoms with Crippen LogP contribution in [0.5, 0.6) is 0 Å². The van der Waals surface area contributed by atoms with Crippen LogP contribution in [0.25, 0.3) is 0 Å². The van der Waals surface area contributed by atoms with Crippen LogP contribution in [0.15, 0.2) is 17.3 Å². The minimum atomic E-state index is 0.812. The third kappa shape index (κ3) is 6.77. The molecule has 0 atom stereocenters. The molecule has 0 rings (SSSR count). The number of rotatable bonds is 3. The predicted molar refractivity (Wildman–Crippen MR) is 44.5 cm³/mol. The highest BCUT2D eigenvalue weighted by molar-refractivity contribution is 5.54. The van der Waals surface area contributed by atoms with E-state index in [-0.39, 0.29) is 0 Å². The topological polar surface area (TPSA) is 38.4 Å². The molecule has 10 heavy (non-hydrogen) atoms. The van der Waals surface area contributed by atoms with Crippen molar-refractivity contribution in [2.45, 2.75) is 19.8 Å². The van der Waals surface area contributed by atoms with Crippen molar-refractivity contribution >= 4 is 6.21 Å². The Bertz CT molecular complexity index is 169. The average Bonchev–Trinajstić information content (AvgIpc) is 1.97. The Morgan fingerprint density at radius 2 is 2.40 bits per heavy atom. The molecule has 0 heterocycles. The van der Waals surface area contributed by atoms with Gasteiger partial charge in [0.05, 0.1) is 0 Å². The summed E-state index contributed by atoms with van der Waals surface area (Å²) in [6.07, 6.45) is 7.20. The lowest BCUT2D eigenvalue weighted by Crippen LogP contribution is -1.75. The average molecular weight is 136 g/mol. The molecular formula is C8H12N2. The number of nitrogens with zero attached hydrogens (tertiary/aromatic N) is 1. The van der Waals surface area contributed by atoms with Gasteiger partial charge in [0.25, 0.3) is 0 Å². The van der Waals surface area contributed by atoms with Crippen LogP contribution in [0.1, 0.15) is 19.8 Å². The highest BCUT2D eigenvalue weighted by Crippen LogP contribution is 1.87. The van der Waals surface area contributed by atoms with Gasteiger partial charge >= 0.3 is 0 Å². The second kappa shape index (κ2) is 7.77. The molecule has 0 unspecified atom stereocenters. The van der Waals surface area contributed by atoms with Crippen molar-refractivity contribution in [3.63, 3.8) is 0 Å². The Kier molecular flexibility index (Phi) is 6.81. The van der Waals surface area contributed by atoms with Crippen molar-refractivity contribution in [2.75, 3.05) is 0 Å². The smallest absolute Gasteiger partial charge is 0.0224 e. The zero-order valence-electron chi connectivity index (χ0n) is 6.17. The van der Waals surface area contributed by atoms with E-state index in [0.717, 1.165) is 12.8 Å². The molecule has 0 bridgehead atoms. The maximum absolute atomic E-state index is 4.95. The molecular weight excluding hydrogens is 124 g/mol. The van der Waals surface area contributed by atoms with E-state index >= 15 is 0 Å². The van der Waals surface area contributed by atoms with Gasteiger partial charge in [-0.15, -0.1) is 0 Å². The van der Waals surface area contributed by atoms with Gasteiger partial charge < -0.3 is 5.73 Å². The normalized spacial score (nSPS) is 10.1. The molecule has 0 spiro atoms. The summed E-state index contributed by atoms with van der Waals surface area (Å²) in [5.41, 5.74) is 4.95. The first kappa shape index (κ1) is 8.77. The molecule has 2 N–H and O–H groups in total. The van der Waals surface area contributed by atoms with Gasteiger partial charge in [0.2, 0.25) is 0 Å². The molecule has 0 aromatic rings. The van der Waals surface area contributed by atoms with Crippen molar-refractivity contribution in [3.05, 3.63) is 12.3 Å². The molecule has 54 valence electrons. The Morgan fingerprint density at radius 1 is 1.60 bits per heavy atom. The van der Waals surface area contributed by atoms with E-state index in [4.69, 9.17) is 5.73 Å². The quantitative estimate of drug-likeness (QED) is 0.270. The van der Waals surface area contributed by atoms with Crippen LogP contribution >= 0.6 is 0 Å². The summed E-state index contributed by atoms with van der Waals surface area (Å²) < 4.78 is 0. The number of unbranched alkanes of at least 4 members (excludes halogenated alkanes) is 1. The van der Waals surface area contributed by atoms with Crippen LogP contribution in [-0.4, -0.2) is 6.21 Å². The van der Waals surface area contributed by atoms with Gasteiger partial charge in [-0.3, -0.25) is 4.99 Å². The van der Waals surface area contributed by atoms with Crippen LogP contribution in [0, 0.1) is 12.0 Å². The maximum Gasteiger partial charge on any atom is 0.0224 e. The minimum absolute atomic E-state index is 0.812. The number of aliphatic imine (C=N–C) groups is 1. The number of hydrogen-bond donors (Lipinski definition) is 1. The zero-order chi connectivity index (χ0) is 7.66. The lowest BCUT2D eigenvalue weighted by Gasteiger charge is -1.79. The van der Waals surface area contributed by atoms with E-state index < -0.39 is 0 Å². The molecule has 0 amide bonds. The molecule has 2 nitrogen and oxygen atoms in total. The van der Waals surface area contributed by atoms with Gasteiger partial charge in [0.1, 0.15) is 0 Å². The second-order valence-corrected chi connectivity index (χ2v) is 1.65. The van der Waals surface area contributed by atoms with Crippen LogP contribution in [0.3, 0.4) is 0 Å². The van der Waals surface area contributed by atoms with Gasteiger partial charge in [-0.25, -0.2) is 0 Å². The van der Waals surface area contributed by atoms with E-state index in [1.165, 1.54) is 0 Å². The molecule has 0 fully saturated rings. The van der Waals surface area contributed by atoms with E-state index in [1.807, 2.05) is 13.0 Å². The highest BCUT2D eigenvalue weighted by Gasteiger charge is 1.72. The Labute approximate surface area is 61.8 Å². The molecule has 0 saturated heterocycles. The lowest BCUT2D eigenvalue weighted by molar-refractivity contribution is 1.08. The van der Waals surface area contributed by atoms with Crippen molar-refractivity contribution < 1.29 is 0 Å². The molecule has 0 aliphatic rings. The van der Waals surface area contributed by atoms with Crippen molar-refractivity contribution in [2.24, 2.45) is 10.7 Å². The molecule has 0 aromatic heterocycles. The minimum Gasteiger partial charge on any atom is -0.359 e. The van der Waals surface area contributed by atoms with Crippen LogP contribution in [0.2, 0.25) is 0 Å². The first-order valence-corrected chi connectivity index (χ1v) is 3.23. The highest BCUT2D eigenvalue weighted by atomic mass is 14.6. The van der Waals surface area contributed by atoms with Crippen molar-refractivity contribution in [1.29, 1.82) is 0 Å². The Balaban J connectivity index is 3.24. The van der Waals surface area contributed by atoms with E-state index in [0.29, 0.717) is 0 Å². The number of allylic oxidation sites excluding steroid dienone is 1. The van der Waals surface area contributed by atoms with Gasteiger partial charge in [-0.1, -0.05) is 12.0 Å². The summed E-state index contributed by atoms with van der Waals surface area (Å²) >= 11 is 0. The molecule has 0 aliphatic heterocycles. The van der Waals surface area contributed by atoms with E-state index in [2.05, 4.69) is 17.0 Å². The number of hydrogen-bond acceptors (Lipinski definition) is 2. The molecule has 0 aliphatic carbocycles. The maximum atomic E-state index is 4.95. The summed E-state index contributed by atoms with van der Waals surface area (Å²) in [6.45, 7) is 1.88. The number of nitrogens with two attached hydrogens (primary N) is 1. The standard InChI is InChI=1S/C8H12N2/c1-2-10-8-6-4-3-5-7-9/h2,6,8H,3-4,9H2,1H3/b8-6-,10-2?. The van der Waals surface area contributed by atoms with Crippen molar-refractivity contribution in [1.82, 2.24) is 0 Å². The van der Waals surface area contributed by atoms with Crippen molar-refractivity contribution in [3.8, 4) is 12.0 Å². The molecule has 0 radical (unpaired) electrons. The molecule has 0 saturated carbocycles. The van der Waals surface area contributed by atoms with Gasteiger partial charge in [-0.05, 0) is 13.3 Å². The van der Waals surface area contributed by atoms with E-state index in [1.54, 1.807) is 12.4 Å². The van der Waals surface area contributed by atoms with Crippen LogP contribution < -0.4 is 5.73 Å². The third-order valence-electron chi connectivity index (χ3n) is 0.879. The predicted octanol–water partition coefficient (Wildman–Crippen LogP) is 1.29. The first-order valence-electron chi connectivity index (χ1n) is 3.23. The summed E-state index contributed by atoms with van der Waals surface area (Å²) in [6, 6.07) is 2.34. The third-order valence-corrected chi connectivity index (χ3v) is 0.879. The SMILES string of the molecule is CC=N/C=C\CCC#CN. The fraction of sp³-hybridized carbons (Fsp3) is 0.375. The van der Waals surface area contributed by atoms with Gasteiger partial charge in [-0.2, -0.15) is 0 Å². The monoisotopic (exact) mass is 136 g/mol. The van der Waals surface area contributed by atoms with Crippen LogP contribution in [-0.2, 0) is 0 Å². The molecule has 0 aromatic carbocycles. The summed E-state index contributed by atoms with van der Waals surface area (Å²) in [5, 5.41) is 0. The summed E-state index contributed by atoms with van der Waals surface area (Å²) in [4.78, 5) is 3.88. The van der Waals surface area contributed by atoms with Gasteiger partial charge in [0, 0.05) is 24.9 Å². The first-order chi connectivity index (χ1) is 4.91.